The zero-order valence-electron chi connectivity index (χ0n) is 15.1. The van der Waals surface area contributed by atoms with E-state index in [-0.39, 0.29) is 11.8 Å². The zero-order valence-corrected chi connectivity index (χ0v) is 15.1. The van der Waals surface area contributed by atoms with Crippen LogP contribution in [0.1, 0.15) is 44.0 Å². The Morgan fingerprint density at radius 3 is 2.08 bits per heavy atom. The van der Waals surface area contributed by atoms with E-state index in [1.165, 1.54) is 5.56 Å². The molecule has 25 heavy (non-hydrogen) atoms. The molecule has 0 saturated carbocycles. The van der Waals surface area contributed by atoms with Crippen molar-refractivity contribution in [1.29, 1.82) is 0 Å². The third-order valence-corrected chi connectivity index (χ3v) is 4.79. The normalized spacial score (nSPS) is 15.2. The van der Waals surface area contributed by atoms with Gasteiger partial charge in [0.05, 0.1) is 0 Å². The lowest BCUT2D eigenvalue weighted by atomic mass is 9.98. The van der Waals surface area contributed by atoms with Gasteiger partial charge >= 0.3 is 0 Å². The molecule has 2 heterocycles. The van der Waals surface area contributed by atoms with Crippen molar-refractivity contribution in [2.45, 2.75) is 27.2 Å². The predicted octanol–water partition coefficient (Wildman–Crippen LogP) is 2.93. The molecule has 1 fully saturated rings. The van der Waals surface area contributed by atoms with E-state index in [4.69, 9.17) is 0 Å². The summed E-state index contributed by atoms with van der Waals surface area (Å²) in [5.41, 5.74) is 4.61. The van der Waals surface area contributed by atoms with Crippen LogP contribution in [0.5, 0.6) is 0 Å². The molecule has 1 aromatic heterocycles. The van der Waals surface area contributed by atoms with Gasteiger partial charge in [-0.15, -0.1) is 0 Å². The van der Waals surface area contributed by atoms with Crippen LogP contribution in [-0.4, -0.2) is 52.8 Å². The lowest BCUT2D eigenvalue weighted by molar-refractivity contribution is 0.0715. The van der Waals surface area contributed by atoms with Crippen molar-refractivity contribution in [2.24, 2.45) is 0 Å². The van der Waals surface area contributed by atoms with Gasteiger partial charge in [0.15, 0.2) is 0 Å². The molecule has 1 N–H and O–H groups in total. The summed E-state index contributed by atoms with van der Waals surface area (Å²) in [5, 5.41) is 0. The Morgan fingerprint density at radius 1 is 0.920 bits per heavy atom. The minimum atomic E-state index is 0.00185. The van der Waals surface area contributed by atoms with Crippen molar-refractivity contribution >= 4 is 11.8 Å². The average molecular weight is 339 g/mol. The Kier molecular flexibility index (Phi) is 4.93. The molecule has 2 aromatic rings. The maximum absolute atomic E-state index is 13.0. The Labute approximate surface area is 148 Å². The highest BCUT2D eigenvalue weighted by Crippen LogP contribution is 2.19. The Bertz CT molecular complexity index is 757. The molecule has 1 saturated heterocycles. The number of hydrogen-bond acceptors (Lipinski definition) is 2. The summed E-state index contributed by atoms with van der Waals surface area (Å²) in [6.07, 6.45) is 2.55. The first-order valence-electron chi connectivity index (χ1n) is 8.77. The Balaban J connectivity index is 1.73. The van der Waals surface area contributed by atoms with Gasteiger partial charge < -0.3 is 14.8 Å². The second kappa shape index (κ2) is 7.13. The van der Waals surface area contributed by atoms with Crippen LogP contribution in [-0.2, 0) is 0 Å². The molecule has 0 atom stereocenters. The number of benzene rings is 1. The minimum absolute atomic E-state index is 0.00185. The Morgan fingerprint density at radius 2 is 1.52 bits per heavy atom. The summed E-state index contributed by atoms with van der Waals surface area (Å²) in [6.45, 7) is 8.52. The Hall–Kier alpha value is -2.56. The van der Waals surface area contributed by atoms with Crippen LogP contribution < -0.4 is 0 Å². The molecule has 0 spiro atoms. The van der Waals surface area contributed by atoms with Gasteiger partial charge in [0, 0.05) is 37.9 Å². The first-order chi connectivity index (χ1) is 12.0. The zero-order chi connectivity index (χ0) is 18.0. The van der Waals surface area contributed by atoms with Crippen molar-refractivity contribution in [1.82, 2.24) is 14.8 Å². The molecule has 1 aliphatic heterocycles. The van der Waals surface area contributed by atoms with E-state index in [1.54, 1.807) is 12.3 Å². The first-order valence-corrected chi connectivity index (χ1v) is 8.77. The number of aromatic nitrogens is 1. The second-order valence-electron chi connectivity index (χ2n) is 6.80. The van der Waals surface area contributed by atoms with E-state index in [1.807, 2.05) is 36.6 Å². The molecule has 5 nitrogen and oxygen atoms in total. The van der Waals surface area contributed by atoms with E-state index < -0.39 is 0 Å². The molecule has 3 rings (SSSR count). The number of aryl methyl sites for hydroxylation is 3. The molecule has 2 amide bonds. The van der Waals surface area contributed by atoms with Gasteiger partial charge in [0.25, 0.3) is 11.8 Å². The first kappa shape index (κ1) is 17.3. The average Bonchev–Trinajstić information content (AvgIpc) is 2.97. The number of carbonyl (C=O) groups is 2. The molecule has 132 valence electrons. The summed E-state index contributed by atoms with van der Waals surface area (Å²) in [5.74, 6) is 0.0752. The van der Waals surface area contributed by atoms with Gasteiger partial charge in [-0.25, -0.2) is 0 Å². The number of hydrogen-bond donors (Lipinski definition) is 1. The number of amides is 2. The van der Waals surface area contributed by atoms with Gasteiger partial charge in [0.2, 0.25) is 0 Å². The quantitative estimate of drug-likeness (QED) is 0.914. The molecular weight excluding hydrogens is 314 g/mol. The standard InChI is InChI=1S/C20H25N3O2/c1-14-12-15(2)18(16(3)13-14)20(25)23-9-5-8-22(10-11-23)19(24)17-6-4-7-21-17/h4,6-7,12-13,21H,5,8-11H2,1-3H3. The summed E-state index contributed by atoms with van der Waals surface area (Å²) in [6, 6.07) is 7.72. The van der Waals surface area contributed by atoms with E-state index >= 15 is 0 Å². The van der Waals surface area contributed by atoms with Crippen LogP contribution in [0.25, 0.3) is 0 Å². The van der Waals surface area contributed by atoms with E-state index in [9.17, 15) is 9.59 Å². The summed E-state index contributed by atoms with van der Waals surface area (Å²) in [7, 11) is 0. The second-order valence-corrected chi connectivity index (χ2v) is 6.80. The monoisotopic (exact) mass is 339 g/mol. The molecular formula is C20H25N3O2. The fourth-order valence-electron chi connectivity index (χ4n) is 3.63. The smallest absolute Gasteiger partial charge is 0.270 e. The summed E-state index contributed by atoms with van der Waals surface area (Å²) in [4.78, 5) is 32.2. The molecule has 0 unspecified atom stereocenters. The highest BCUT2D eigenvalue weighted by Gasteiger charge is 2.25. The number of carbonyl (C=O) groups excluding carboxylic acids is 2. The SMILES string of the molecule is Cc1cc(C)c(C(=O)N2CCCN(C(=O)c3ccc[nH]3)CC2)c(C)c1. The highest BCUT2D eigenvalue weighted by atomic mass is 16.2. The van der Waals surface area contributed by atoms with Gasteiger partial charge in [-0.1, -0.05) is 17.7 Å². The van der Waals surface area contributed by atoms with Crippen LogP contribution in [0.2, 0.25) is 0 Å². The predicted molar refractivity (Wildman–Crippen MR) is 97.9 cm³/mol. The van der Waals surface area contributed by atoms with Crippen LogP contribution in [0.4, 0.5) is 0 Å². The van der Waals surface area contributed by atoms with E-state index in [2.05, 4.69) is 17.1 Å². The van der Waals surface area contributed by atoms with Crippen molar-refractivity contribution in [3.63, 3.8) is 0 Å². The molecule has 1 aliphatic rings. The molecule has 0 bridgehead atoms. The largest absolute Gasteiger partial charge is 0.357 e. The van der Waals surface area contributed by atoms with E-state index in [0.29, 0.717) is 31.9 Å². The van der Waals surface area contributed by atoms with Crippen LogP contribution in [0.3, 0.4) is 0 Å². The van der Waals surface area contributed by atoms with Gasteiger partial charge in [-0.2, -0.15) is 0 Å². The third kappa shape index (κ3) is 3.60. The van der Waals surface area contributed by atoms with Gasteiger partial charge in [-0.3, -0.25) is 9.59 Å². The number of nitrogens with one attached hydrogen (secondary N) is 1. The van der Waals surface area contributed by atoms with Crippen molar-refractivity contribution in [2.75, 3.05) is 26.2 Å². The molecule has 0 radical (unpaired) electrons. The number of nitrogens with zero attached hydrogens (tertiary/aromatic N) is 2. The van der Waals surface area contributed by atoms with Crippen LogP contribution in [0, 0.1) is 20.8 Å². The minimum Gasteiger partial charge on any atom is -0.357 e. The highest BCUT2D eigenvalue weighted by molar-refractivity contribution is 5.97. The van der Waals surface area contributed by atoms with E-state index in [0.717, 1.165) is 23.1 Å². The van der Waals surface area contributed by atoms with Crippen molar-refractivity contribution < 1.29 is 9.59 Å². The number of H-pyrrole nitrogens is 1. The number of aromatic amines is 1. The summed E-state index contributed by atoms with van der Waals surface area (Å²) >= 11 is 0. The molecule has 0 aliphatic carbocycles. The van der Waals surface area contributed by atoms with Gasteiger partial charge in [-0.05, 0) is 50.5 Å². The van der Waals surface area contributed by atoms with Crippen molar-refractivity contribution in [3.05, 3.63) is 58.4 Å². The fraction of sp³-hybridized carbons (Fsp3) is 0.400. The number of rotatable bonds is 2. The van der Waals surface area contributed by atoms with Crippen LogP contribution >= 0.6 is 0 Å². The maximum atomic E-state index is 13.0. The third-order valence-electron chi connectivity index (χ3n) is 4.79. The fourth-order valence-corrected chi connectivity index (χ4v) is 3.63. The lowest BCUT2D eigenvalue weighted by Gasteiger charge is -2.23. The lowest BCUT2D eigenvalue weighted by Crippen LogP contribution is -2.38. The van der Waals surface area contributed by atoms with Crippen LogP contribution in [0.15, 0.2) is 30.5 Å². The topological polar surface area (TPSA) is 56.4 Å². The van der Waals surface area contributed by atoms with Crippen molar-refractivity contribution in [3.8, 4) is 0 Å². The maximum Gasteiger partial charge on any atom is 0.270 e. The molecule has 5 heteroatoms. The van der Waals surface area contributed by atoms with Gasteiger partial charge in [0.1, 0.15) is 5.69 Å². The summed E-state index contributed by atoms with van der Waals surface area (Å²) < 4.78 is 0. The molecule has 1 aromatic carbocycles.